The van der Waals surface area contributed by atoms with Crippen molar-refractivity contribution in [2.24, 2.45) is 0 Å². The Morgan fingerprint density at radius 1 is 1.11 bits per heavy atom. The number of carbonyl (C=O) groups is 1. The fraction of sp³-hybridized carbons (Fsp3) is 0.350. The van der Waals surface area contributed by atoms with Crippen molar-refractivity contribution in [3.63, 3.8) is 0 Å². The second kappa shape index (κ2) is 9.01. The van der Waals surface area contributed by atoms with Crippen LogP contribution in [-0.4, -0.2) is 39.8 Å². The smallest absolute Gasteiger partial charge is 0.255 e. The van der Waals surface area contributed by atoms with Crippen LogP contribution < -0.4 is 10.1 Å². The highest BCUT2D eigenvalue weighted by atomic mass is 32.2. The number of nitrogens with zero attached hydrogens (tertiary/aromatic N) is 1. The van der Waals surface area contributed by atoms with Gasteiger partial charge in [-0.3, -0.25) is 4.79 Å². The summed E-state index contributed by atoms with van der Waals surface area (Å²) in [6.07, 6.45) is 3.27. The molecule has 1 N–H and O–H groups in total. The fourth-order valence-corrected chi connectivity index (χ4v) is 3.63. The van der Waals surface area contributed by atoms with Gasteiger partial charge in [0.1, 0.15) is 10.6 Å². The molecule has 0 saturated heterocycles. The molecule has 2 rings (SSSR count). The lowest BCUT2D eigenvalue weighted by Crippen LogP contribution is -2.23. The lowest BCUT2D eigenvalue weighted by molar-refractivity contribution is 0.102. The number of nitrogens with one attached hydrogen (secondary N) is 1. The maximum Gasteiger partial charge on any atom is 0.255 e. The number of benzene rings is 2. The fourth-order valence-electron chi connectivity index (χ4n) is 2.56. The Kier molecular flexibility index (Phi) is 6.98. The number of anilines is 1. The molecule has 1 amide bonds. The predicted molar refractivity (Wildman–Crippen MR) is 107 cm³/mol. The molecule has 146 valence electrons. The standard InChI is InChI=1S/C20H26N2O4S/c1-5-6-7-15-8-11-17(12-9-15)21-20(23)16-10-13-18(26-4)19(14-16)27(24,25)22(2)3/h8-14H,5-7H2,1-4H3,(H,21,23). The van der Waals surface area contributed by atoms with Crippen LogP contribution in [-0.2, 0) is 16.4 Å². The highest BCUT2D eigenvalue weighted by molar-refractivity contribution is 7.89. The van der Waals surface area contributed by atoms with Gasteiger partial charge in [0.25, 0.3) is 5.91 Å². The number of hydrogen-bond donors (Lipinski definition) is 1. The molecule has 0 bridgehead atoms. The number of aryl methyl sites for hydroxylation is 1. The van der Waals surface area contributed by atoms with Gasteiger partial charge in [-0.25, -0.2) is 12.7 Å². The lowest BCUT2D eigenvalue weighted by Gasteiger charge is -2.15. The van der Waals surface area contributed by atoms with E-state index < -0.39 is 10.0 Å². The molecule has 0 aliphatic carbocycles. The first-order valence-electron chi connectivity index (χ1n) is 8.80. The molecule has 0 heterocycles. The molecule has 2 aromatic carbocycles. The number of sulfonamides is 1. The Hall–Kier alpha value is -2.38. The van der Waals surface area contributed by atoms with Crippen LogP contribution >= 0.6 is 0 Å². The second-order valence-corrected chi connectivity index (χ2v) is 8.53. The molecule has 0 fully saturated rings. The van der Waals surface area contributed by atoms with Crippen LogP contribution in [0.3, 0.4) is 0 Å². The Morgan fingerprint density at radius 2 is 1.78 bits per heavy atom. The van der Waals surface area contributed by atoms with Crippen LogP contribution in [0, 0.1) is 0 Å². The zero-order valence-corrected chi connectivity index (χ0v) is 17.0. The first-order chi connectivity index (χ1) is 12.8. The van der Waals surface area contributed by atoms with E-state index in [1.54, 1.807) is 6.07 Å². The second-order valence-electron chi connectivity index (χ2n) is 6.41. The molecular formula is C20H26N2O4S. The number of hydrogen-bond acceptors (Lipinski definition) is 4. The summed E-state index contributed by atoms with van der Waals surface area (Å²) in [7, 11) is 0.522. The number of ether oxygens (including phenoxy) is 1. The van der Waals surface area contributed by atoms with E-state index in [2.05, 4.69) is 12.2 Å². The summed E-state index contributed by atoms with van der Waals surface area (Å²) in [5, 5.41) is 2.80. The van der Waals surface area contributed by atoms with Gasteiger partial charge in [-0.1, -0.05) is 25.5 Å². The summed E-state index contributed by atoms with van der Waals surface area (Å²) in [6.45, 7) is 2.15. The van der Waals surface area contributed by atoms with Crippen molar-refractivity contribution in [1.82, 2.24) is 4.31 Å². The topological polar surface area (TPSA) is 75.7 Å². The summed E-state index contributed by atoms with van der Waals surface area (Å²) >= 11 is 0. The zero-order valence-electron chi connectivity index (χ0n) is 16.2. The van der Waals surface area contributed by atoms with Crippen molar-refractivity contribution in [1.29, 1.82) is 0 Å². The highest BCUT2D eigenvalue weighted by Crippen LogP contribution is 2.27. The SMILES string of the molecule is CCCCc1ccc(NC(=O)c2ccc(OC)c(S(=O)(=O)N(C)C)c2)cc1. The molecule has 0 atom stereocenters. The number of rotatable bonds is 8. The van der Waals surface area contributed by atoms with Crippen molar-refractivity contribution >= 4 is 21.6 Å². The molecule has 2 aromatic rings. The van der Waals surface area contributed by atoms with Gasteiger partial charge >= 0.3 is 0 Å². The molecule has 27 heavy (non-hydrogen) atoms. The van der Waals surface area contributed by atoms with Crippen LogP contribution in [0.5, 0.6) is 5.75 Å². The first-order valence-corrected chi connectivity index (χ1v) is 10.2. The largest absolute Gasteiger partial charge is 0.495 e. The average Bonchev–Trinajstić information content (AvgIpc) is 2.66. The molecule has 0 saturated carbocycles. The van der Waals surface area contributed by atoms with Gasteiger partial charge in [0, 0.05) is 25.3 Å². The number of carbonyl (C=O) groups excluding carboxylic acids is 1. The minimum atomic E-state index is -3.73. The molecule has 0 spiro atoms. The molecule has 0 aromatic heterocycles. The van der Waals surface area contributed by atoms with E-state index in [1.165, 1.54) is 38.9 Å². The zero-order chi connectivity index (χ0) is 20.0. The van der Waals surface area contributed by atoms with Gasteiger partial charge in [-0.05, 0) is 48.7 Å². The number of unbranched alkanes of at least 4 members (excludes halogenated alkanes) is 1. The molecule has 6 nitrogen and oxygen atoms in total. The maximum absolute atomic E-state index is 12.6. The Morgan fingerprint density at radius 3 is 2.33 bits per heavy atom. The van der Waals surface area contributed by atoms with E-state index in [9.17, 15) is 13.2 Å². The van der Waals surface area contributed by atoms with Crippen molar-refractivity contribution in [3.8, 4) is 5.75 Å². The van der Waals surface area contributed by atoms with Gasteiger partial charge in [0.05, 0.1) is 7.11 Å². The van der Waals surface area contributed by atoms with Crippen molar-refractivity contribution in [2.75, 3.05) is 26.5 Å². The van der Waals surface area contributed by atoms with Gasteiger partial charge in [0.2, 0.25) is 10.0 Å². The van der Waals surface area contributed by atoms with Crippen molar-refractivity contribution in [3.05, 3.63) is 53.6 Å². The molecule has 0 aliphatic rings. The third kappa shape index (κ3) is 5.08. The van der Waals surface area contributed by atoms with Crippen LogP contribution in [0.25, 0.3) is 0 Å². The summed E-state index contributed by atoms with van der Waals surface area (Å²) in [5.41, 5.74) is 2.12. The van der Waals surface area contributed by atoms with E-state index in [4.69, 9.17) is 4.74 Å². The average molecular weight is 391 g/mol. The molecule has 0 aliphatic heterocycles. The molecule has 0 unspecified atom stereocenters. The quantitative estimate of drug-likeness (QED) is 0.748. The lowest BCUT2D eigenvalue weighted by atomic mass is 10.1. The molecule has 0 radical (unpaired) electrons. The highest BCUT2D eigenvalue weighted by Gasteiger charge is 2.23. The van der Waals surface area contributed by atoms with E-state index >= 15 is 0 Å². The van der Waals surface area contributed by atoms with Gasteiger partial charge in [-0.2, -0.15) is 0 Å². The third-order valence-corrected chi connectivity index (χ3v) is 6.05. The van der Waals surface area contributed by atoms with Crippen LogP contribution in [0.4, 0.5) is 5.69 Å². The van der Waals surface area contributed by atoms with E-state index in [0.717, 1.165) is 23.6 Å². The number of methoxy groups -OCH3 is 1. The summed E-state index contributed by atoms with van der Waals surface area (Å²) < 4.78 is 31.2. The molecule has 7 heteroatoms. The van der Waals surface area contributed by atoms with Gasteiger partial charge < -0.3 is 10.1 Å². The normalized spacial score (nSPS) is 11.4. The van der Waals surface area contributed by atoms with Crippen molar-refractivity contribution in [2.45, 2.75) is 31.1 Å². The monoisotopic (exact) mass is 390 g/mol. The molecular weight excluding hydrogens is 364 g/mol. The Balaban J connectivity index is 2.24. The van der Waals surface area contributed by atoms with Crippen LogP contribution in [0.15, 0.2) is 47.4 Å². The van der Waals surface area contributed by atoms with Crippen LogP contribution in [0.1, 0.15) is 35.7 Å². The van der Waals surface area contributed by atoms with Crippen LogP contribution in [0.2, 0.25) is 0 Å². The van der Waals surface area contributed by atoms with E-state index in [0.29, 0.717) is 5.69 Å². The van der Waals surface area contributed by atoms with Gasteiger partial charge in [0.15, 0.2) is 0 Å². The maximum atomic E-state index is 12.6. The third-order valence-electron chi connectivity index (χ3n) is 4.22. The van der Waals surface area contributed by atoms with Crippen molar-refractivity contribution < 1.29 is 17.9 Å². The Bertz CT molecular complexity index is 891. The van der Waals surface area contributed by atoms with E-state index in [1.807, 2.05) is 24.3 Å². The van der Waals surface area contributed by atoms with Gasteiger partial charge in [-0.15, -0.1) is 0 Å². The summed E-state index contributed by atoms with van der Waals surface area (Å²) in [5.74, 6) is -0.185. The summed E-state index contributed by atoms with van der Waals surface area (Å²) in [6, 6.07) is 12.0. The first kappa shape index (κ1) is 20.9. The predicted octanol–water partition coefficient (Wildman–Crippen LogP) is 3.54. The summed E-state index contributed by atoms with van der Waals surface area (Å²) in [4.78, 5) is 12.5. The van der Waals surface area contributed by atoms with E-state index in [-0.39, 0.29) is 22.1 Å². The minimum absolute atomic E-state index is 0.0439. The number of amides is 1. The minimum Gasteiger partial charge on any atom is -0.495 e. The Labute approximate surface area is 161 Å².